The molecule has 6 rings (SSSR count). The maximum atomic E-state index is 13.8. The molecule has 1 fully saturated rings. The van der Waals surface area contributed by atoms with E-state index in [0.717, 1.165) is 11.1 Å². The first kappa shape index (κ1) is 30.1. The molecule has 3 aliphatic heterocycles. The number of nitrogens with one attached hydrogen (secondary N) is 3. The molecule has 4 bridgehead atoms. The number of likely N-dealkylation sites (tertiary alicyclic amines) is 1. The minimum atomic E-state index is -0.921. The van der Waals surface area contributed by atoms with Crippen LogP contribution in [-0.2, 0) is 38.6 Å². The Morgan fingerprint density at radius 3 is 2.58 bits per heavy atom. The van der Waals surface area contributed by atoms with Gasteiger partial charge in [0, 0.05) is 25.8 Å². The number of carbonyl (C=O) groups excluding carboxylic acids is 4. The van der Waals surface area contributed by atoms with Gasteiger partial charge in [0.15, 0.2) is 11.5 Å². The fraction of sp³-hybridized carbons (Fsp3) is 0.438. The molecule has 3 aliphatic rings. The van der Waals surface area contributed by atoms with E-state index in [1.165, 1.54) is 0 Å². The highest BCUT2D eigenvalue weighted by atomic mass is 16.7. The molecule has 3 aromatic rings. The van der Waals surface area contributed by atoms with Gasteiger partial charge in [0.1, 0.15) is 23.8 Å². The van der Waals surface area contributed by atoms with Gasteiger partial charge in [0.25, 0.3) is 0 Å². The molecule has 4 heterocycles. The predicted molar refractivity (Wildman–Crippen MR) is 161 cm³/mol. The molecule has 13 nitrogen and oxygen atoms in total. The van der Waals surface area contributed by atoms with Crippen LogP contribution < -0.4 is 25.4 Å². The number of aryl methyl sites for hydroxylation is 1. The van der Waals surface area contributed by atoms with Crippen molar-refractivity contribution in [2.75, 3.05) is 13.3 Å². The van der Waals surface area contributed by atoms with Crippen molar-refractivity contribution >= 4 is 23.6 Å². The zero-order valence-corrected chi connectivity index (χ0v) is 25.3. The first-order chi connectivity index (χ1) is 21.7. The number of benzene rings is 2. The van der Waals surface area contributed by atoms with E-state index in [9.17, 15) is 19.2 Å². The highest BCUT2D eigenvalue weighted by molar-refractivity contribution is 5.94. The van der Waals surface area contributed by atoms with E-state index in [1.807, 2.05) is 62.4 Å². The number of hydrogen-bond acceptors (Lipinski definition) is 8. The summed E-state index contributed by atoms with van der Waals surface area (Å²) in [6, 6.07) is 12.0. The monoisotopic (exact) mass is 615 g/mol. The van der Waals surface area contributed by atoms with Crippen molar-refractivity contribution in [1.82, 2.24) is 35.8 Å². The van der Waals surface area contributed by atoms with E-state index < -0.39 is 29.9 Å². The molecular formula is C32H37N7O6. The second kappa shape index (κ2) is 13.0. The standard InChI is InChI=1S/C32H37N7O6/c1-19(2)29-32(43)34-24(12-20-6-4-3-5-7-20)30(41)33-15-22-16-39(37-36-22)23-14-25(31(42)35-29)38(17-23)28(40)11-9-21-8-10-26-27(13-21)45-18-44-26/h3-8,10,13,16,19,23-25,29H,9,11-12,14-15,17-18H2,1-2H3,(H,33,41)(H,34,43)(H,35,42)/t23-,24+,25-,29-/m0/s1. The minimum Gasteiger partial charge on any atom is -0.454 e. The Morgan fingerprint density at radius 1 is 0.978 bits per heavy atom. The van der Waals surface area contributed by atoms with Crippen LogP contribution in [0.4, 0.5) is 0 Å². The van der Waals surface area contributed by atoms with Crippen LogP contribution in [-0.4, -0.2) is 75.0 Å². The van der Waals surface area contributed by atoms with Crippen LogP contribution in [0.1, 0.15) is 49.6 Å². The number of hydrogen-bond donors (Lipinski definition) is 3. The topological polar surface area (TPSA) is 157 Å². The third kappa shape index (κ3) is 6.76. The summed E-state index contributed by atoms with van der Waals surface area (Å²) in [4.78, 5) is 56.0. The van der Waals surface area contributed by atoms with Crippen LogP contribution in [0.2, 0.25) is 0 Å². The van der Waals surface area contributed by atoms with Gasteiger partial charge < -0.3 is 30.3 Å². The number of ether oxygens (including phenoxy) is 2. The van der Waals surface area contributed by atoms with Gasteiger partial charge in [0.05, 0.1) is 18.8 Å². The summed E-state index contributed by atoms with van der Waals surface area (Å²) < 4.78 is 12.5. The molecule has 3 N–H and O–H groups in total. The number of fused-ring (bicyclic) bond motifs is 6. The van der Waals surface area contributed by atoms with E-state index in [4.69, 9.17) is 9.47 Å². The third-order valence-electron chi connectivity index (χ3n) is 8.50. The maximum absolute atomic E-state index is 13.8. The lowest BCUT2D eigenvalue weighted by Crippen LogP contribution is -2.58. The second-order valence-corrected chi connectivity index (χ2v) is 12.0. The highest BCUT2D eigenvalue weighted by Crippen LogP contribution is 2.33. The lowest BCUT2D eigenvalue weighted by atomic mass is 10.00. The van der Waals surface area contributed by atoms with E-state index in [2.05, 4.69) is 26.3 Å². The van der Waals surface area contributed by atoms with Crippen molar-refractivity contribution in [2.24, 2.45) is 5.92 Å². The van der Waals surface area contributed by atoms with Gasteiger partial charge in [-0.2, -0.15) is 0 Å². The molecule has 1 saturated heterocycles. The number of nitrogens with zero attached hydrogens (tertiary/aromatic N) is 4. The molecule has 0 aliphatic carbocycles. The maximum Gasteiger partial charge on any atom is 0.243 e. The summed E-state index contributed by atoms with van der Waals surface area (Å²) in [5, 5.41) is 17.1. The van der Waals surface area contributed by atoms with Crippen LogP contribution in [0.5, 0.6) is 11.5 Å². The van der Waals surface area contributed by atoms with Crippen LogP contribution in [0.15, 0.2) is 54.7 Å². The molecule has 0 saturated carbocycles. The van der Waals surface area contributed by atoms with Crippen molar-refractivity contribution in [2.45, 2.75) is 70.2 Å². The van der Waals surface area contributed by atoms with Gasteiger partial charge in [0.2, 0.25) is 30.4 Å². The molecule has 13 heteroatoms. The Kier molecular flexibility index (Phi) is 8.67. The molecule has 45 heavy (non-hydrogen) atoms. The van der Waals surface area contributed by atoms with Gasteiger partial charge in [-0.1, -0.05) is 55.5 Å². The Bertz CT molecular complexity index is 1570. The molecule has 2 aromatic carbocycles. The van der Waals surface area contributed by atoms with Crippen molar-refractivity contribution in [3.8, 4) is 11.5 Å². The Hall–Kier alpha value is -4.94. The van der Waals surface area contributed by atoms with Gasteiger partial charge >= 0.3 is 0 Å². The largest absolute Gasteiger partial charge is 0.454 e. The van der Waals surface area contributed by atoms with Gasteiger partial charge in [-0.25, -0.2) is 4.68 Å². The molecule has 236 valence electrons. The molecule has 1 aromatic heterocycles. The average Bonchev–Trinajstić information content (AvgIpc) is 3.80. The molecule has 4 atom stereocenters. The normalized spacial score (nSPS) is 23.2. The summed E-state index contributed by atoms with van der Waals surface area (Å²) in [7, 11) is 0. The van der Waals surface area contributed by atoms with Crippen molar-refractivity contribution in [3.63, 3.8) is 0 Å². The first-order valence-electron chi connectivity index (χ1n) is 15.3. The summed E-state index contributed by atoms with van der Waals surface area (Å²) in [6.45, 7) is 4.19. The van der Waals surface area contributed by atoms with E-state index in [0.29, 0.717) is 30.0 Å². The van der Waals surface area contributed by atoms with Crippen LogP contribution >= 0.6 is 0 Å². The molecule has 0 radical (unpaired) electrons. The van der Waals surface area contributed by atoms with Crippen LogP contribution in [0.3, 0.4) is 0 Å². The quantitative estimate of drug-likeness (QED) is 0.375. The smallest absolute Gasteiger partial charge is 0.243 e. The number of aromatic nitrogens is 3. The minimum absolute atomic E-state index is 0.110. The molecular weight excluding hydrogens is 578 g/mol. The first-order valence-corrected chi connectivity index (χ1v) is 15.3. The van der Waals surface area contributed by atoms with E-state index in [-0.39, 0.29) is 56.5 Å². The predicted octanol–water partition coefficient (Wildman–Crippen LogP) is 1.28. The van der Waals surface area contributed by atoms with Crippen molar-refractivity contribution in [1.29, 1.82) is 0 Å². The summed E-state index contributed by atoms with van der Waals surface area (Å²) >= 11 is 0. The summed E-state index contributed by atoms with van der Waals surface area (Å²) in [5.41, 5.74) is 2.32. The van der Waals surface area contributed by atoms with Gasteiger partial charge in [-0.3, -0.25) is 19.2 Å². The van der Waals surface area contributed by atoms with Crippen LogP contribution in [0, 0.1) is 5.92 Å². The average molecular weight is 616 g/mol. The lowest BCUT2D eigenvalue weighted by Gasteiger charge is -2.29. The lowest BCUT2D eigenvalue weighted by molar-refractivity contribution is -0.140. The molecule has 0 spiro atoms. The summed E-state index contributed by atoms with van der Waals surface area (Å²) in [5.74, 6) is -0.413. The SMILES string of the molecule is CC(C)[C@@H]1NC(=O)[C@@H]2C[C@@H](CN2C(=O)CCc2ccc3c(c2)OCO3)n2cc(nn2)CNC(=O)[C@@H](Cc2ccccc2)NC1=O. The summed E-state index contributed by atoms with van der Waals surface area (Å²) in [6.07, 6.45) is 2.93. The number of amides is 4. The fourth-order valence-electron chi connectivity index (χ4n) is 6.00. The van der Waals surface area contributed by atoms with Crippen molar-refractivity contribution in [3.05, 3.63) is 71.5 Å². The molecule has 4 amide bonds. The van der Waals surface area contributed by atoms with Crippen molar-refractivity contribution < 1.29 is 28.7 Å². The molecule has 0 unspecified atom stereocenters. The van der Waals surface area contributed by atoms with Crippen LogP contribution in [0.25, 0.3) is 0 Å². The second-order valence-electron chi connectivity index (χ2n) is 12.0. The zero-order valence-electron chi connectivity index (χ0n) is 25.3. The zero-order chi connectivity index (χ0) is 31.5. The number of rotatable bonds is 6. The third-order valence-corrected chi connectivity index (χ3v) is 8.50. The Balaban J connectivity index is 1.23. The Morgan fingerprint density at radius 2 is 1.78 bits per heavy atom. The highest BCUT2D eigenvalue weighted by Gasteiger charge is 2.42. The van der Waals surface area contributed by atoms with Gasteiger partial charge in [-0.15, -0.1) is 5.10 Å². The Labute approximate surface area is 260 Å². The van der Waals surface area contributed by atoms with E-state index in [1.54, 1.807) is 15.8 Å². The number of carbonyl (C=O) groups is 4. The van der Waals surface area contributed by atoms with E-state index >= 15 is 0 Å². The van der Waals surface area contributed by atoms with Gasteiger partial charge in [-0.05, 0) is 35.6 Å². The fourth-order valence-corrected chi connectivity index (χ4v) is 6.00.